The number of H-pyrrole nitrogens is 1. The number of imidazole rings is 1. The lowest BCUT2D eigenvalue weighted by Crippen LogP contribution is -2.33. The highest BCUT2D eigenvalue weighted by atomic mass is 35.5. The highest BCUT2D eigenvalue weighted by molar-refractivity contribution is 5.85. The van der Waals surface area contributed by atoms with Crippen LogP contribution < -0.4 is 11.0 Å². The zero-order valence-corrected chi connectivity index (χ0v) is 10.2. The van der Waals surface area contributed by atoms with E-state index in [1.54, 1.807) is 10.8 Å². The number of aromatic nitrogens is 3. The van der Waals surface area contributed by atoms with Gasteiger partial charge in [0.1, 0.15) is 0 Å². The SMILES string of the molecule is Cl.O=c1[nH]c2cccnc2n1C1CCNCC1. The van der Waals surface area contributed by atoms with Crippen LogP contribution >= 0.6 is 12.4 Å². The summed E-state index contributed by atoms with van der Waals surface area (Å²) < 4.78 is 1.80. The summed E-state index contributed by atoms with van der Waals surface area (Å²) in [5.41, 5.74) is 1.56. The van der Waals surface area contributed by atoms with Gasteiger partial charge in [0.05, 0.1) is 5.52 Å². The first kappa shape index (κ1) is 12.1. The van der Waals surface area contributed by atoms with Crippen LogP contribution in [0.1, 0.15) is 18.9 Å². The maximum absolute atomic E-state index is 11.9. The van der Waals surface area contributed by atoms with Gasteiger partial charge in [-0.15, -0.1) is 12.4 Å². The maximum atomic E-state index is 11.9. The van der Waals surface area contributed by atoms with Gasteiger partial charge in [0.15, 0.2) is 5.65 Å². The molecule has 0 aromatic carbocycles. The quantitative estimate of drug-likeness (QED) is 0.800. The van der Waals surface area contributed by atoms with Gasteiger partial charge in [0.25, 0.3) is 0 Å². The molecule has 92 valence electrons. The Morgan fingerprint density at radius 2 is 2.12 bits per heavy atom. The molecule has 0 atom stereocenters. The van der Waals surface area contributed by atoms with Crippen LogP contribution in [-0.4, -0.2) is 27.6 Å². The van der Waals surface area contributed by atoms with Gasteiger partial charge in [-0.25, -0.2) is 9.78 Å². The van der Waals surface area contributed by atoms with Crippen LogP contribution in [0, 0.1) is 0 Å². The summed E-state index contributed by atoms with van der Waals surface area (Å²) in [4.78, 5) is 19.0. The van der Waals surface area contributed by atoms with Gasteiger partial charge in [-0.2, -0.15) is 0 Å². The van der Waals surface area contributed by atoms with E-state index in [2.05, 4.69) is 15.3 Å². The summed E-state index contributed by atoms with van der Waals surface area (Å²) in [5.74, 6) is 0. The molecule has 2 N–H and O–H groups in total. The van der Waals surface area contributed by atoms with Gasteiger partial charge in [-0.1, -0.05) is 0 Å². The number of nitrogens with zero attached hydrogens (tertiary/aromatic N) is 2. The second-order valence-electron chi connectivity index (χ2n) is 4.16. The average molecular weight is 255 g/mol. The van der Waals surface area contributed by atoms with E-state index in [0.717, 1.165) is 37.1 Å². The minimum Gasteiger partial charge on any atom is -0.317 e. The van der Waals surface area contributed by atoms with Crippen molar-refractivity contribution in [3.05, 3.63) is 28.8 Å². The van der Waals surface area contributed by atoms with Crippen molar-refractivity contribution in [2.45, 2.75) is 18.9 Å². The van der Waals surface area contributed by atoms with Crippen molar-refractivity contribution in [1.29, 1.82) is 0 Å². The van der Waals surface area contributed by atoms with Crippen LogP contribution in [0.2, 0.25) is 0 Å². The molecule has 6 heteroatoms. The zero-order chi connectivity index (χ0) is 11.0. The molecule has 3 heterocycles. The highest BCUT2D eigenvalue weighted by Gasteiger charge is 2.19. The van der Waals surface area contributed by atoms with Gasteiger partial charge in [0, 0.05) is 12.2 Å². The first-order valence-corrected chi connectivity index (χ1v) is 5.62. The zero-order valence-electron chi connectivity index (χ0n) is 9.35. The molecule has 0 aliphatic carbocycles. The molecule has 0 spiro atoms. The molecule has 2 aromatic heterocycles. The molecule has 0 saturated carbocycles. The number of rotatable bonds is 1. The van der Waals surface area contributed by atoms with Crippen molar-refractivity contribution in [3.8, 4) is 0 Å². The minimum atomic E-state index is -0.0411. The Bertz CT molecular complexity index is 556. The Kier molecular flexibility index (Phi) is 3.49. The molecule has 1 aliphatic rings. The Labute approximate surface area is 105 Å². The third kappa shape index (κ3) is 2.08. The maximum Gasteiger partial charge on any atom is 0.327 e. The standard InChI is InChI=1S/C11H14N4O.ClH/c16-11-14-9-2-1-5-13-10(9)15(11)8-3-6-12-7-4-8;/h1-2,5,8,12H,3-4,6-7H2,(H,14,16);1H. The van der Waals surface area contributed by atoms with E-state index in [9.17, 15) is 4.79 Å². The first-order valence-electron chi connectivity index (χ1n) is 5.62. The second-order valence-corrected chi connectivity index (χ2v) is 4.16. The van der Waals surface area contributed by atoms with E-state index in [0.29, 0.717) is 0 Å². The molecule has 1 saturated heterocycles. The molecule has 0 amide bonds. The molecule has 0 radical (unpaired) electrons. The largest absolute Gasteiger partial charge is 0.327 e. The van der Waals surface area contributed by atoms with Crippen LogP contribution in [0.4, 0.5) is 0 Å². The fourth-order valence-electron chi connectivity index (χ4n) is 2.36. The summed E-state index contributed by atoms with van der Waals surface area (Å²) in [5, 5.41) is 3.30. The molecule has 0 bridgehead atoms. The van der Waals surface area contributed by atoms with E-state index in [4.69, 9.17) is 0 Å². The molecular formula is C11H15ClN4O. The van der Waals surface area contributed by atoms with E-state index >= 15 is 0 Å². The Morgan fingerprint density at radius 1 is 1.35 bits per heavy atom. The smallest absolute Gasteiger partial charge is 0.317 e. The van der Waals surface area contributed by atoms with Crippen molar-refractivity contribution in [3.63, 3.8) is 0 Å². The number of pyridine rings is 1. The molecular weight excluding hydrogens is 240 g/mol. The lowest BCUT2D eigenvalue weighted by atomic mass is 10.1. The van der Waals surface area contributed by atoms with Crippen molar-refractivity contribution >= 4 is 23.6 Å². The molecule has 17 heavy (non-hydrogen) atoms. The lowest BCUT2D eigenvalue weighted by Gasteiger charge is -2.23. The van der Waals surface area contributed by atoms with E-state index < -0.39 is 0 Å². The highest BCUT2D eigenvalue weighted by Crippen LogP contribution is 2.20. The number of hydrogen-bond donors (Lipinski definition) is 2. The Balaban J connectivity index is 0.00000108. The van der Waals surface area contributed by atoms with Crippen molar-refractivity contribution in [2.24, 2.45) is 0 Å². The topological polar surface area (TPSA) is 62.7 Å². The molecule has 1 fully saturated rings. The van der Waals surface area contributed by atoms with Crippen LogP contribution in [0.3, 0.4) is 0 Å². The molecule has 2 aromatic rings. The summed E-state index contributed by atoms with van der Waals surface area (Å²) in [7, 11) is 0. The molecule has 3 rings (SSSR count). The third-order valence-electron chi connectivity index (χ3n) is 3.15. The summed E-state index contributed by atoms with van der Waals surface area (Å²) >= 11 is 0. The number of hydrogen-bond acceptors (Lipinski definition) is 3. The average Bonchev–Trinajstić information content (AvgIpc) is 2.66. The predicted octanol–water partition coefficient (Wildman–Crippen LogP) is 1.07. The van der Waals surface area contributed by atoms with Crippen LogP contribution in [0.25, 0.3) is 11.2 Å². The van der Waals surface area contributed by atoms with Gasteiger partial charge >= 0.3 is 5.69 Å². The summed E-state index contributed by atoms with van der Waals surface area (Å²) in [6.45, 7) is 1.94. The summed E-state index contributed by atoms with van der Waals surface area (Å²) in [6, 6.07) is 4.00. The lowest BCUT2D eigenvalue weighted by molar-refractivity contribution is 0.367. The predicted molar refractivity (Wildman–Crippen MR) is 68.7 cm³/mol. The molecule has 5 nitrogen and oxygen atoms in total. The second kappa shape index (κ2) is 4.89. The van der Waals surface area contributed by atoms with E-state index in [1.165, 1.54) is 0 Å². The van der Waals surface area contributed by atoms with Gasteiger partial charge in [-0.3, -0.25) is 4.57 Å². The Hall–Kier alpha value is -1.33. The van der Waals surface area contributed by atoms with Crippen LogP contribution in [-0.2, 0) is 0 Å². The minimum absolute atomic E-state index is 0. The fraction of sp³-hybridized carbons (Fsp3) is 0.455. The number of fused-ring (bicyclic) bond motifs is 1. The number of piperidine rings is 1. The van der Waals surface area contributed by atoms with E-state index in [1.807, 2.05) is 12.1 Å². The Morgan fingerprint density at radius 3 is 2.88 bits per heavy atom. The van der Waals surface area contributed by atoms with Crippen LogP contribution in [0.5, 0.6) is 0 Å². The van der Waals surface area contributed by atoms with Crippen molar-refractivity contribution < 1.29 is 0 Å². The first-order chi connectivity index (χ1) is 7.86. The monoisotopic (exact) mass is 254 g/mol. The molecule has 0 unspecified atom stereocenters. The van der Waals surface area contributed by atoms with Crippen LogP contribution in [0.15, 0.2) is 23.1 Å². The normalized spacial score (nSPS) is 16.9. The number of aromatic amines is 1. The van der Waals surface area contributed by atoms with Gasteiger partial charge < -0.3 is 10.3 Å². The summed E-state index contributed by atoms with van der Waals surface area (Å²) in [6.07, 6.45) is 3.71. The number of halogens is 1. The fourth-order valence-corrected chi connectivity index (χ4v) is 2.36. The third-order valence-corrected chi connectivity index (χ3v) is 3.15. The molecule has 1 aliphatic heterocycles. The van der Waals surface area contributed by atoms with Crippen molar-refractivity contribution in [2.75, 3.05) is 13.1 Å². The van der Waals surface area contributed by atoms with Gasteiger partial charge in [0.2, 0.25) is 0 Å². The number of nitrogens with one attached hydrogen (secondary N) is 2. The van der Waals surface area contributed by atoms with Gasteiger partial charge in [-0.05, 0) is 38.1 Å². The van der Waals surface area contributed by atoms with Crippen molar-refractivity contribution in [1.82, 2.24) is 19.9 Å². The van der Waals surface area contributed by atoms with E-state index in [-0.39, 0.29) is 24.1 Å².